The lowest BCUT2D eigenvalue weighted by Crippen LogP contribution is -2.67. The second-order valence-corrected chi connectivity index (χ2v) is 13.9. The number of fused-ring (bicyclic) bond motifs is 4. The van der Waals surface area contributed by atoms with Crippen LogP contribution in [0.1, 0.15) is 50.3 Å². The molecule has 0 spiro atoms. The first kappa shape index (κ1) is 31.8. The largest absolute Gasteiger partial charge is 0.351 e. The van der Waals surface area contributed by atoms with E-state index in [0.29, 0.717) is 76.4 Å². The molecule has 2 aliphatic heterocycles. The number of carbonyl (C=O) groups is 1. The Morgan fingerprint density at radius 2 is 1.98 bits per heavy atom. The molecule has 1 N–H and O–H groups in total. The third kappa shape index (κ3) is 4.85. The zero-order chi connectivity index (χ0) is 34.1. The van der Waals surface area contributed by atoms with Gasteiger partial charge in [0.25, 0.3) is 5.91 Å². The molecule has 11 nitrogen and oxygen atoms in total. The van der Waals surface area contributed by atoms with Crippen molar-refractivity contribution in [2.24, 2.45) is 0 Å². The number of anilines is 1. The average molecular weight is 667 g/mol. The number of aromatic amines is 1. The van der Waals surface area contributed by atoms with Crippen LogP contribution in [-0.4, -0.2) is 91.2 Å². The number of carbonyl (C=O) groups excluding carboxylic acids is 1. The van der Waals surface area contributed by atoms with Crippen LogP contribution in [0.5, 0.6) is 0 Å². The number of nitrogens with zero attached hydrogens (tertiary/aromatic N) is 9. The molecule has 0 unspecified atom stereocenters. The Kier molecular flexibility index (Phi) is 7.77. The van der Waals surface area contributed by atoms with E-state index < -0.39 is 5.82 Å². The Bertz CT molecular complexity index is 2230. The van der Waals surface area contributed by atoms with Gasteiger partial charge in [-0.25, -0.2) is 14.1 Å². The smallest absolute Gasteiger partial charge is 0.298 e. The second kappa shape index (κ2) is 11.7. The van der Waals surface area contributed by atoms with Crippen LogP contribution in [0.4, 0.5) is 10.2 Å². The van der Waals surface area contributed by atoms with Crippen LogP contribution < -0.4 is 4.90 Å². The lowest BCUT2D eigenvalue weighted by Gasteiger charge is -2.52. The highest BCUT2D eigenvalue weighted by Gasteiger charge is 2.43. The van der Waals surface area contributed by atoms with Crippen LogP contribution in [0.15, 0.2) is 18.3 Å². The molecular weight excluding hydrogens is 631 g/mol. The molecule has 5 heterocycles. The van der Waals surface area contributed by atoms with Crippen molar-refractivity contribution in [3.63, 3.8) is 0 Å². The SMILES string of the molecule is CC#CC(=O)N1CC[C@H](n2nnc3c(N4CC(C)(N(C)C)C4)nc4c(F)c(-c5c(C)c(Cl)cc6[nH]ncc56)c(C)cc4c32)C[C@H]1CC#N. The zero-order valence-corrected chi connectivity index (χ0v) is 28.6. The number of pyridine rings is 1. The highest BCUT2D eigenvalue weighted by atomic mass is 35.5. The predicted molar refractivity (Wildman–Crippen MR) is 184 cm³/mol. The monoisotopic (exact) mass is 666 g/mol. The van der Waals surface area contributed by atoms with E-state index in [2.05, 4.69) is 69.2 Å². The van der Waals surface area contributed by atoms with Crippen molar-refractivity contribution in [2.75, 3.05) is 38.6 Å². The molecule has 2 saturated heterocycles. The van der Waals surface area contributed by atoms with E-state index in [1.54, 1.807) is 24.1 Å². The Hall–Kier alpha value is -4.78. The Balaban J connectivity index is 1.44. The molecule has 2 aromatic carbocycles. The van der Waals surface area contributed by atoms with Crippen molar-refractivity contribution < 1.29 is 9.18 Å². The summed E-state index contributed by atoms with van der Waals surface area (Å²) in [5.74, 6) is 5.14. The number of benzene rings is 2. The number of aromatic nitrogens is 6. The van der Waals surface area contributed by atoms with E-state index in [9.17, 15) is 10.1 Å². The first-order chi connectivity index (χ1) is 23.0. The fourth-order valence-electron chi connectivity index (χ4n) is 7.38. The summed E-state index contributed by atoms with van der Waals surface area (Å²) in [5, 5.41) is 28.0. The normalized spacial score (nSPS) is 19.1. The molecule has 5 aromatic rings. The third-order valence-electron chi connectivity index (χ3n) is 10.3. The van der Waals surface area contributed by atoms with Gasteiger partial charge >= 0.3 is 0 Å². The summed E-state index contributed by atoms with van der Waals surface area (Å²) in [7, 11) is 4.10. The molecule has 48 heavy (non-hydrogen) atoms. The summed E-state index contributed by atoms with van der Waals surface area (Å²) < 4.78 is 19.1. The number of nitriles is 1. The minimum absolute atomic E-state index is 0.0774. The van der Waals surface area contributed by atoms with Gasteiger partial charge < -0.3 is 14.7 Å². The van der Waals surface area contributed by atoms with Gasteiger partial charge in [-0.3, -0.25) is 9.89 Å². The Morgan fingerprint density at radius 3 is 2.69 bits per heavy atom. The topological polar surface area (TPSA) is 123 Å². The van der Waals surface area contributed by atoms with Crippen molar-refractivity contribution in [2.45, 2.75) is 64.6 Å². The average Bonchev–Trinajstić information content (AvgIpc) is 3.69. The number of likely N-dealkylation sites (N-methyl/N-ethyl adjacent to an activating group) is 1. The molecule has 0 radical (unpaired) electrons. The number of H-pyrrole nitrogens is 1. The zero-order valence-electron chi connectivity index (χ0n) is 27.8. The molecule has 7 rings (SSSR count). The number of hydrogen-bond acceptors (Lipinski definition) is 8. The van der Waals surface area contributed by atoms with Crippen LogP contribution in [0.3, 0.4) is 0 Å². The quantitative estimate of drug-likeness (QED) is 0.243. The van der Waals surface area contributed by atoms with Crippen molar-refractivity contribution >= 4 is 56.2 Å². The number of halogens is 2. The van der Waals surface area contributed by atoms with Crippen molar-refractivity contribution in [1.82, 2.24) is 40.0 Å². The van der Waals surface area contributed by atoms with Gasteiger partial charge in [0.15, 0.2) is 17.2 Å². The summed E-state index contributed by atoms with van der Waals surface area (Å²) in [4.78, 5) is 23.8. The van der Waals surface area contributed by atoms with E-state index in [0.717, 1.165) is 16.5 Å². The third-order valence-corrected chi connectivity index (χ3v) is 10.7. The Labute approximate surface area is 282 Å². The van der Waals surface area contributed by atoms with Gasteiger partial charge in [0.2, 0.25) is 0 Å². The van der Waals surface area contributed by atoms with Crippen molar-refractivity contribution in [3.8, 4) is 29.0 Å². The van der Waals surface area contributed by atoms with Crippen molar-refractivity contribution in [1.29, 1.82) is 5.26 Å². The van der Waals surface area contributed by atoms with Gasteiger partial charge in [-0.2, -0.15) is 10.4 Å². The van der Waals surface area contributed by atoms with Gasteiger partial charge in [-0.15, -0.1) is 5.10 Å². The lowest BCUT2D eigenvalue weighted by molar-refractivity contribution is -0.129. The van der Waals surface area contributed by atoms with Crippen LogP contribution in [0.25, 0.3) is 44.0 Å². The van der Waals surface area contributed by atoms with Crippen LogP contribution in [0, 0.1) is 42.8 Å². The maximum Gasteiger partial charge on any atom is 0.298 e. The Morgan fingerprint density at radius 1 is 1.21 bits per heavy atom. The molecule has 246 valence electrons. The van der Waals surface area contributed by atoms with E-state index in [1.807, 2.05) is 24.6 Å². The van der Waals surface area contributed by atoms with Gasteiger partial charge in [-0.05, 0) is 83.8 Å². The summed E-state index contributed by atoms with van der Waals surface area (Å²) in [5.41, 5.74) is 4.70. The van der Waals surface area contributed by atoms with Crippen molar-refractivity contribution in [3.05, 3.63) is 40.3 Å². The number of likely N-dealkylation sites (tertiary alicyclic amines) is 1. The predicted octanol–water partition coefficient (Wildman–Crippen LogP) is 5.54. The minimum atomic E-state index is -0.453. The molecule has 2 atom stereocenters. The fraction of sp³-hybridized carbons (Fsp3) is 0.429. The molecule has 0 bridgehead atoms. The van der Waals surface area contributed by atoms with E-state index in [-0.39, 0.29) is 35.5 Å². The first-order valence-electron chi connectivity index (χ1n) is 16.0. The van der Waals surface area contributed by atoms with Gasteiger partial charge in [0, 0.05) is 52.6 Å². The highest BCUT2D eigenvalue weighted by molar-refractivity contribution is 6.33. The van der Waals surface area contributed by atoms with Crippen LogP contribution >= 0.6 is 11.6 Å². The minimum Gasteiger partial charge on any atom is -0.351 e. The number of hydrogen-bond donors (Lipinski definition) is 1. The molecule has 0 aliphatic carbocycles. The number of amides is 1. The summed E-state index contributed by atoms with van der Waals surface area (Å²) in [6.45, 7) is 9.38. The number of piperidine rings is 1. The molecular formula is C35H36ClFN10O. The number of rotatable bonds is 5. The summed E-state index contributed by atoms with van der Waals surface area (Å²) in [6.07, 6.45) is 2.94. The molecule has 1 amide bonds. The molecule has 13 heteroatoms. The fourth-order valence-corrected chi connectivity index (χ4v) is 7.59. The van der Waals surface area contributed by atoms with E-state index in [4.69, 9.17) is 16.6 Å². The highest BCUT2D eigenvalue weighted by Crippen LogP contribution is 2.44. The van der Waals surface area contributed by atoms with Gasteiger partial charge in [0.1, 0.15) is 11.0 Å². The maximum absolute atomic E-state index is 17.3. The van der Waals surface area contributed by atoms with E-state index >= 15 is 4.39 Å². The second-order valence-electron chi connectivity index (χ2n) is 13.5. The molecule has 2 aliphatic rings. The first-order valence-corrected chi connectivity index (χ1v) is 16.4. The number of nitrogens with one attached hydrogen (secondary N) is 1. The maximum atomic E-state index is 17.3. The standard InChI is InChI=1S/C35H36ClFN10O/c1-7-8-27(48)46-12-10-22(14-21(46)9-11-38)47-33-23-13-19(2)28(29-20(3)25(36)15-26-24(29)16-39-41-26)30(37)31(23)40-34(32(33)42-43-47)45-17-35(4,18-45)44(5)6/h13,15-16,21-22H,9-10,12,14,17-18H2,1-6H3,(H,39,41)/t21-,22+/m1/s1. The van der Waals surface area contributed by atoms with E-state index in [1.165, 1.54) is 0 Å². The van der Waals surface area contributed by atoms with Crippen LogP contribution in [0.2, 0.25) is 5.02 Å². The van der Waals surface area contributed by atoms with Crippen LogP contribution in [-0.2, 0) is 4.79 Å². The van der Waals surface area contributed by atoms with Gasteiger partial charge in [0.05, 0.1) is 35.8 Å². The summed E-state index contributed by atoms with van der Waals surface area (Å²) >= 11 is 6.65. The molecule has 3 aromatic heterocycles. The van der Waals surface area contributed by atoms with Gasteiger partial charge in [-0.1, -0.05) is 22.7 Å². The lowest BCUT2D eigenvalue weighted by atomic mass is 9.90. The molecule has 2 fully saturated rings. The number of aryl methyl sites for hydroxylation is 1. The molecule has 0 saturated carbocycles. The summed E-state index contributed by atoms with van der Waals surface area (Å²) in [6, 6.07) is 5.48.